The number of benzene rings is 2. The van der Waals surface area contributed by atoms with E-state index >= 15 is 0 Å². The average Bonchev–Trinajstić information content (AvgIpc) is 2.38. The molecule has 0 radical (unpaired) electrons. The van der Waals surface area contributed by atoms with Crippen molar-refractivity contribution < 1.29 is 4.79 Å². The smallest absolute Gasteiger partial charge is 0.248 e. The van der Waals surface area contributed by atoms with E-state index in [0.717, 1.165) is 14.9 Å². The Morgan fingerprint density at radius 3 is 2.60 bits per heavy atom. The highest BCUT2D eigenvalue weighted by atomic mass is 79.9. The van der Waals surface area contributed by atoms with Crippen molar-refractivity contribution in [2.24, 2.45) is 5.73 Å². The van der Waals surface area contributed by atoms with Crippen LogP contribution in [0.4, 0.5) is 5.69 Å². The molecule has 2 rings (SSSR count). The van der Waals surface area contributed by atoms with Crippen molar-refractivity contribution in [2.45, 2.75) is 10.6 Å². The second-order valence-electron chi connectivity index (χ2n) is 4.14. The third-order valence-corrected chi connectivity index (χ3v) is 4.68. The lowest BCUT2D eigenvalue weighted by molar-refractivity contribution is 0.100. The summed E-state index contributed by atoms with van der Waals surface area (Å²) < 4.78 is 0.947. The Morgan fingerprint density at radius 1 is 1.25 bits per heavy atom. The summed E-state index contributed by atoms with van der Waals surface area (Å²) in [4.78, 5) is 12.0. The van der Waals surface area contributed by atoms with Gasteiger partial charge in [-0.3, -0.25) is 4.79 Å². The van der Waals surface area contributed by atoms with Gasteiger partial charge in [0.1, 0.15) is 0 Å². The van der Waals surface area contributed by atoms with Crippen LogP contribution >= 0.6 is 39.3 Å². The second-order valence-corrected chi connectivity index (χ2v) is 6.48. The number of amides is 1. The molecule has 0 aromatic heterocycles. The summed E-state index contributed by atoms with van der Waals surface area (Å²) in [6.07, 6.45) is 0. The summed E-state index contributed by atoms with van der Waals surface area (Å²) in [5.74, 6) is 0.187. The van der Waals surface area contributed by atoms with Gasteiger partial charge in [0.05, 0.1) is 0 Å². The molecule has 0 fully saturated rings. The lowest BCUT2D eigenvalue weighted by atomic mass is 10.1. The second kappa shape index (κ2) is 6.52. The molecule has 0 heterocycles. The maximum Gasteiger partial charge on any atom is 0.248 e. The Labute approximate surface area is 134 Å². The van der Waals surface area contributed by atoms with Crippen LogP contribution in [0.15, 0.2) is 45.8 Å². The van der Waals surface area contributed by atoms with Crippen LogP contribution in [0.2, 0.25) is 5.02 Å². The fourth-order valence-corrected chi connectivity index (χ4v) is 3.28. The minimum atomic E-state index is -0.483. The van der Waals surface area contributed by atoms with Gasteiger partial charge in [0.2, 0.25) is 5.91 Å². The molecule has 6 heteroatoms. The van der Waals surface area contributed by atoms with Crippen molar-refractivity contribution in [1.82, 2.24) is 0 Å². The predicted octanol–water partition coefficient (Wildman–Crippen LogP) is 4.08. The van der Waals surface area contributed by atoms with Gasteiger partial charge in [0.15, 0.2) is 0 Å². The minimum absolute atomic E-state index is 0.409. The fraction of sp³-hybridized carbons (Fsp3) is 0.0714. The van der Waals surface area contributed by atoms with Gasteiger partial charge in [-0.1, -0.05) is 33.6 Å². The Bertz CT molecular complexity index is 664. The quantitative estimate of drug-likeness (QED) is 0.628. The first-order valence-corrected chi connectivity index (χ1v) is 7.89. The van der Waals surface area contributed by atoms with Gasteiger partial charge in [-0.25, -0.2) is 0 Å². The first-order chi connectivity index (χ1) is 9.47. The topological polar surface area (TPSA) is 69.1 Å². The zero-order valence-corrected chi connectivity index (χ0v) is 13.6. The van der Waals surface area contributed by atoms with Gasteiger partial charge in [0, 0.05) is 31.4 Å². The molecule has 20 heavy (non-hydrogen) atoms. The summed E-state index contributed by atoms with van der Waals surface area (Å²) in [5.41, 5.74) is 13.2. The minimum Gasteiger partial charge on any atom is -0.398 e. The highest BCUT2D eigenvalue weighted by Gasteiger charge is 2.07. The third kappa shape index (κ3) is 3.69. The Balaban J connectivity index is 2.13. The van der Waals surface area contributed by atoms with Crippen LogP contribution in [0, 0.1) is 0 Å². The fourth-order valence-electron chi connectivity index (χ4n) is 1.62. The van der Waals surface area contributed by atoms with E-state index in [-0.39, 0.29) is 0 Å². The highest BCUT2D eigenvalue weighted by Crippen LogP contribution is 2.32. The normalized spacial score (nSPS) is 10.5. The van der Waals surface area contributed by atoms with E-state index in [1.165, 1.54) is 0 Å². The molecular formula is C14H12BrClN2OS. The molecule has 0 aliphatic carbocycles. The van der Waals surface area contributed by atoms with E-state index in [4.69, 9.17) is 23.1 Å². The van der Waals surface area contributed by atoms with Gasteiger partial charge >= 0.3 is 0 Å². The number of carbonyl (C=O) groups is 1. The number of nitrogen functional groups attached to an aromatic ring is 1. The number of hydrogen-bond donors (Lipinski definition) is 2. The van der Waals surface area contributed by atoms with Crippen LogP contribution in [-0.4, -0.2) is 5.91 Å². The van der Waals surface area contributed by atoms with Crippen LogP contribution in [0.25, 0.3) is 0 Å². The first-order valence-electron chi connectivity index (χ1n) is 5.73. The van der Waals surface area contributed by atoms with Crippen molar-refractivity contribution in [3.8, 4) is 0 Å². The van der Waals surface area contributed by atoms with E-state index in [0.29, 0.717) is 22.0 Å². The highest BCUT2D eigenvalue weighted by molar-refractivity contribution is 9.10. The summed E-state index contributed by atoms with van der Waals surface area (Å²) in [7, 11) is 0. The van der Waals surface area contributed by atoms with E-state index in [9.17, 15) is 4.79 Å². The zero-order valence-electron chi connectivity index (χ0n) is 10.4. The molecule has 0 saturated carbocycles. The molecule has 0 saturated heterocycles. The van der Waals surface area contributed by atoms with E-state index in [1.54, 1.807) is 23.9 Å². The lowest BCUT2D eigenvalue weighted by Gasteiger charge is -2.08. The van der Waals surface area contributed by atoms with E-state index < -0.39 is 5.91 Å². The summed E-state index contributed by atoms with van der Waals surface area (Å²) >= 11 is 11.1. The molecule has 2 aromatic carbocycles. The maximum atomic E-state index is 11.1. The van der Waals surface area contributed by atoms with Crippen molar-refractivity contribution >= 4 is 50.9 Å². The molecule has 4 N–H and O–H groups in total. The number of hydrogen-bond acceptors (Lipinski definition) is 3. The van der Waals surface area contributed by atoms with E-state index in [1.807, 2.05) is 24.3 Å². The number of halogens is 2. The van der Waals surface area contributed by atoms with Crippen LogP contribution in [0.3, 0.4) is 0 Å². The Morgan fingerprint density at radius 2 is 2.00 bits per heavy atom. The number of carbonyl (C=O) groups excluding carboxylic acids is 1. The molecule has 0 spiro atoms. The maximum absolute atomic E-state index is 11.1. The third-order valence-electron chi connectivity index (χ3n) is 2.69. The van der Waals surface area contributed by atoms with E-state index in [2.05, 4.69) is 15.9 Å². The molecule has 0 bridgehead atoms. The van der Waals surface area contributed by atoms with Crippen molar-refractivity contribution in [3.05, 3.63) is 57.0 Å². The lowest BCUT2D eigenvalue weighted by Crippen LogP contribution is -2.10. The number of nitrogens with two attached hydrogens (primary N) is 2. The molecule has 0 aliphatic heterocycles. The van der Waals surface area contributed by atoms with Gasteiger partial charge in [-0.15, -0.1) is 11.8 Å². The zero-order chi connectivity index (χ0) is 14.7. The molecule has 1 amide bonds. The summed E-state index contributed by atoms with van der Waals surface area (Å²) in [6, 6.07) is 10.8. The number of primary amides is 1. The average molecular weight is 372 g/mol. The number of anilines is 1. The SMILES string of the molecule is NC(=O)c1ccc(CSc2ccc(Br)cc2N)c(Cl)c1. The molecular weight excluding hydrogens is 360 g/mol. The van der Waals surface area contributed by atoms with Crippen LogP contribution in [0.5, 0.6) is 0 Å². The van der Waals surface area contributed by atoms with Gasteiger partial charge < -0.3 is 11.5 Å². The van der Waals surface area contributed by atoms with Crippen LogP contribution in [0.1, 0.15) is 15.9 Å². The van der Waals surface area contributed by atoms with Crippen molar-refractivity contribution in [3.63, 3.8) is 0 Å². The van der Waals surface area contributed by atoms with Crippen molar-refractivity contribution in [2.75, 3.05) is 5.73 Å². The molecule has 2 aromatic rings. The van der Waals surface area contributed by atoms with Crippen LogP contribution < -0.4 is 11.5 Å². The Hall–Kier alpha value is -1.17. The number of thioether (sulfide) groups is 1. The van der Waals surface area contributed by atoms with Crippen molar-refractivity contribution in [1.29, 1.82) is 0 Å². The summed E-state index contributed by atoms with van der Waals surface area (Å²) in [5, 5.41) is 0.532. The largest absolute Gasteiger partial charge is 0.398 e. The van der Waals surface area contributed by atoms with Crippen LogP contribution in [-0.2, 0) is 5.75 Å². The molecule has 104 valence electrons. The van der Waals surface area contributed by atoms with Gasteiger partial charge in [-0.05, 0) is 35.9 Å². The number of rotatable bonds is 4. The van der Waals surface area contributed by atoms with Gasteiger partial charge in [-0.2, -0.15) is 0 Å². The molecule has 0 aliphatic rings. The molecule has 0 unspecified atom stereocenters. The molecule has 3 nitrogen and oxygen atoms in total. The van der Waals surface area contributed by atoms with Gasteiger partial charge in [0.25, 0.3) is 0 Å². The first kappa shape index (κ1) is 15.2. The Kier molecular flexibility index (Phi) is 4.96. The monoisotopic (exact) mass is 370 g/mol. The standard InChI is InChI=1S/C14H12BrClN2OS/c15-10-3-4-13(12(17)6-10)20-7-9-2-1-8(14(18)19)5-11(9)16/h1-6H,7,17H2,(H2,18,19). The predicted molar refractivity (Wildman–Crippen MR) is 88.1 cm³/mol. The summed E-state index contributed by atoms with van der Waals surface area (Å²) in [6.45, 7) is 0. The molecule has 0 atom stereocenters.